The molecule has 530 valence electrons. The van der Waals surface area contributed by atoms with E-state index in [1.54, 1.807) is 0 Å². The molecular weight excluding hydrogens is 1220 g/mol. The summed E-state index contributed by atoms with van der Waals surface area (Å²) in [4.78, 5) is 58.4. The molecule has 0 rings (SSSR count). The minimum absolute atomic E-state index is 0.0787. The average Bonchev–Trinajstić information content (AvgIpc) is 3.75. The lowest BCUT2D eigenvalue weighted by Crippen LogP contribution is -2.30. The first-order chi connectivity index (χ1) is 45.2. The fraction of sp³-hybridized carbons (Fsp3) is 0.640. The number of allylic oxidation sites excluding steroid dienone is 24. The number of hydrogen-bond acceptors (Lipinski definition) is 14. The highest BCUT2D eigenvalue weighted by atomic mass is 31.2. The van der Waals surface area contributed by atoms with Crippen LogP contribution < -0.4 is 0 Å². The van der Waals surface area contributed by atoms with Crippen molar-refractivity contribution in [2.75, 3.05) is 39.6 Å². The Hall–Kier alpha value is -4.57. The first-order valence-electron chi connectivity index (χ1n) is 35.1. The zero-order valence-electron chi connectivity index (χ0n) is 57.4. The van der Waals surface area contributed by atoms with Crippen molar-refractivity contribution >= 4 is 33.6 Å². The van der Waals surface area contributed by atoms with Gasteiger partial charge < -0.3 is 34.2 Å². The SMILES string of the molecule is CC/C=C\C/C=C\C/C=C\C/C=C\C/C=C\C/C=C\CCCCCCC(=O)OCC(O)COP(=O)(O)OCC(O)COP(=O)(O)OCC(COC(=O)CCCCCCC/C=C\C/C=C\C/C=C\C/C=C\CCCCC)OC(=O)CCCCCCC/C=C\C/C=C\CCC. The van der Waals surface area contributed by atoms with Gasteiger partial charge in [-0.05, 0) is 141 Å². The summed E-state index contributed by atoms with van der Waals surface area (Å²) >= 11 is 0. The smallest absolute Gasteiger partial charge is 0.463 e. The van der Waals surface area contributed by atoms with Gasteiger partial charge in [0.1, 0.15) is 25.4 Å². The van der Waals surface area contributed by atoms with Gasteiger partial charge in [0.05, 0.1) is 26.4 Å². The van der Waals surface area contributed by atoms with Crippen LogP contribution in [0.5, 0.6) is 0 Å². The molecule has 5 atom stereocenters. The number of esters is 3. The van der Waals surface area contributed by atoms with Crippen molar-refractivity contribution in [3.63, 3.8) is 0 Å². The number of phosphoric ester groups is 2. The molecule has 4 N–H and O–H groups in total. The van der Waals surface area contributed by atoms with Gasteiger partial charge in [0.25, 0.3) is 0 Å². The Kier molecular flexibility index (Phi) is 64.1. The first-order valence-corrected chi connectivity index (χ1v) is 38.1. The Bertz CT molecular complexity index is 2280. The number of aliphatic hydroxyl groups excluding tert-OH is 2. The number of carbonyl (C=O) groups is 3. The summed E-state index contributed by atoms with van der Waals surface area (Å²) in [7, 11) is -9.80. The minimum atomic E-state index is -4.94. The molecule has 0 aliphatic rings. The van der Waals surface area contributed by atoms with E-state index in [2.05, 4.69) is 167 Å². The molecule has 0 aromatic carbocycles. The average molecular weight is 1340 g/mol. The molecule has 18 heteroatoms. The van der Waals surface area contributed by atoms with Gasteiger partial charge in [-0.25, -0.2) is 9.13 Å². The molecule has 93 heavy (non-hydrogen) atoms. The van der Waals surface area contributed by atoms with Crippen LogP contribution in [0.15, 0.2) is 146 Å². The van der Waals surface area contributed by atoms with Crippen LogP contribution in [0.3, 0.4) is 0 Å². The Morgan fingerprint density at radius 1 is 0.312 bits per heavy atom. The van der Waals surface area contributed by atoms with Gasteiger partial charge in [-0.3, -0.25) is 32.5 Å². The minimum Gasteiger partial charge on any atom is -0.463 e. The van der Waals surface area contributed by atoms with Crippen LogP contribution in [-0.2, 0) is 55.8 Å². The van der Waals surface area contributed by atoms with E-state index in [0.717, 1.165) is 167 Å². The zero-order chi connectivity index (χ0) is 68.1. The number of hydrogen-bond donors (Lipinski definition) is 4. The van der Waals surface area contributed by atoms with E-state index >= 15 is 0 Å². The highest BCUT2D eigenvalue weighted by Crippen LogP contribution is 2.45. The Balaban J connectivity index is 4.68. The third-order valence-electron chi connectivity index (χ3n) is 14.0. The molecule has 0 saturated carbocycles. The van der Waals surface area contributed by atoms with Crippen molar-refractivity contribution in [1.29, 1.82) is 0 Å². The van der Waals surface area contributed by atoms with E-state index < -0.39 is 91.5 Å². The van der Waals surface area contributed by atoms with Crippen molar-refractivity contribution < 1.29 is 75.8 Å². The van der Waals surface area contributed by atoms with E-state index in [9.17, 15) is 43.5 Å². The molecule has 0 spiro atoms. The Morgan fingerprint density at radius 2 is 0.591 bits per heavy atom. The van der Waals surface area contributed by atoms with Gasteiger partial charge in [-0.15, -0.1) is 0 Å². The third-order valence-corrected chi connectivity index (χ3v) is 15.9. The van der Waals surface area contributed by atoms with Crippen LogP contribution in [0.4, 0.5) is 0 Å². The predicted octanol–water partition coefficient (Wildman–Crippen LogP) is 19.8. The summed E-state index contributed by atoms with van der Waals surface area (Å²) in [5.74, 6) is -1.65. The van der Waals surface area contributed by atoms with Crippen LogP contribution in [0.1, 0.15) is 252 Å². The number of carbonyl (C=O) groups excluding carboxylic acids is 3. The summed E-state index contributed by atoms with van der Waals surface area (Å²) in [5, 5.41) is 20.6. The van der Waals surface area contributed by atoms with E-state index in [0.29, 0.717) is 19.3 Å². The predicted molar refractivity (Wildman–Crippen MR) is 380 cm³/mol. The van der Waals surface area contributed by atoms with Crippen molar-refractivity contribution in [3.8, 4) is 0 Å². The summed E-state index contributed by atoms with van der Waals surface area (Å²) in [6, 6.07) is 0. The molecule has 0 aromatic heterocycles. The molecule has 0 aliphatic carbocycles. The van der Waals surface area contributed by atoms with Gasteiger partial charge in [0.15, 0.2) is 6.10 Å². The molecule has 0 fully saturated rings. The van der Waals surface area contributed by atoms with Gasteiger partial charge in [-0.1, -0.05) is 237 Å². The molecule has 0 saturated heterocycles. The van der Waals surface area contributed by atoms with E-state index in [-0.39, 0.29) is 19.3 Å². The van der Waals surface area contributed by atoms with E-state index in [1.807, 2.05) is 0 Å². The van der Waals surface area contributed by atoms with Crippen molar-refractivity contribution in [1.82, 2.24) is 0 Å². The van der Waals surface area contributed by atoms with Gasteiger partial charge in [-0.2, -0.15) is 0 Å². The Labute approximate surface area is 562 Å². The highest BCUT2D eigenvalue weighted by Gasteiger charge is 2.29. The maximum atomic E-state index is 12.9. The van der Waals surface area contributed by atoms with Crippen LogP contribution in [0.25, 0.3) is 0 Å². The molecule has 0 amide bonds. The molecule has 0 aromatic rings. The summed E-state index contributed by atoms with van der Waals surface area (Å²) in [5.41, 5.74) is 0. The summed E-state index contributed by atoms with van der Waals surface area (Å²) < 4.78 is 60.9. The quantitative estimate of drug-likeness (QED) is 0.0146. The van der Waals surface area contributed by atoms with Crippen LogP contribution >= 0.6 is 15.6 Å². The van der Waals surface area contributed by atoms with Crippen LogP contribution in [0, 0.1) is 0 Å². The van der Waals surface area contributed by atoms with E-state index in [4.69, 9.17) is 32.3 Å². The second-order valence-corrected chi connectivity index (χ2v) is 25.8. The number of ether oxygens (including phenoxy) is 3. The van der Waals surface area contributed by atoms with Gasteiger partial charge in [0.2, 0.25) is 0 Å². The van der Waals surface area contributed by atoms with Gasteiger partial charge in [0, 0.05) is 19.3 Å². The third kappa shape index (κ3) is 68.6. The second kappa shape index (κ2) is 67.4. The molecule has 0 radical (unpaired) electrons. The summed E-state index contributed by atoms with van der Waals surface area (Å²) in [6.07, 6.45) is 80.4. The largest absolute Gasteiger partial charge is 0.472 e. The lowest BCUT2D eigenvalue weighted by atomic mass is 10.1. The molecule has 0 bridgehead atoms. The van der Waals surface area contributed by atoms with Crippen molar-refractivity contribution in [3.05, 3.63) is 146 Å². The molecular formula is C75H124O16P2. The van der Waals surface area contributed by atoms with Crippen LogP contribution in [0.2, 0.25) is 0 Å². The topological polar surface area (TPSA) is 231 Å². The monoisotopic (exact) mass is 1340 g/mol. The van der Waals surface area contributed by atoms with Crippen molar-refractivity contribution in [2.45, 2.75) is 270 Å². The number of aliphatic hydroxyl groups is 2. The molecule has 0 heterocycles. The zero-order valence-corrected chi connectivity index (χ0v) is 59.2. The first kappa shape index (κ1) is 88.4. The maximum absolute atomic E-state index is 12.9. The molecule has 16 nitrogen and oxygen atoms in total. The standard InChI is InChI=1S/C75H124O16P2/c1-4-7-10-13-16-19-22-25-27-29-31-33-34-36-38-39-41-44-46-49-52-55-58-61-73(78)85-64-70(76)65-87-92(81,82)88-66-71(77)67-89-93(83,84)90-69-72(91-75(80)63-60-57-54-51-48-43-24-21-18-15-12-9-6-3)68-86-74(79)62-59-56-53-50-47-45-42-40-37-35-32-30-28-26-23-20-17-14-11-8-5-2/h7,10,12,15-17,19-21,24-28,31-33,35-36,38,40-42,44,70-72,76-77H,4-6,8-9,11,13-14,18,22-23,29-30,34,37,39,43,45-69H2,1-3H3,(H,81,82)(H,83,84)/b10-7-,15-12-,19-16-,20-17-,24-21-,27-25-,28-26-,33-31-,35-32-,38-36-,42-40-,44-41-. The fourth-order valence-electron chi connectivity index (χ4n) is 8.65. The number of unbranched alkanes of at least 4 members (excludes halogenated alkanes) is 18. The lowest BCUT2D eigenvalue weighted by molar-refractivity contribution is -0.161. The second-order valence-electron chi connectivity index (χ2n) is 22.9. The van der Waals surface area contributed by atoms with Crippen LogP contribution in [-0.4, -0.2) is 95.9 Å². The number of rotatable bonds is 65. The normalized spacial score (nSPS) is 15.0. The van der Waals surface area contributed by atoms with Gasteiger partial charge >= 0.3 is 33.6 Å². The summed E-state index contributed by atoms with van der Waals surface area (Å²) in [6.45, 7) is 2.37. The van der Waals surface area contributed by atoms with E-state index in [1.165, 1.54) is 25.7 Å². The Morgan fingerprint density at radius 3 is 0.946 bits per heavy atom. The lowest BCUT2D eigenvalue weighted by Gasteiger charge is -2.21. The van der Waals surface area contributed by atoms with Crippen molar-refractivity contribution in [2.24, 2.45) is 0 Å². The number of phosphoric acid groups is 2. The molecule has 0 aliphatic heterocycles. The molecule has 5 unspecified atom stereocenters. The highest BCUT2D eigenvalue weighted by molar-refractivity contribution is 7.47. The maximum Gasteiger partial charge on any atom is 0.472 e. The fourth-order valence-corrected chi connectivity index (χ4v) is 10.2.